The van der Waals surface area contributed by atoms with Crippen LogP contribution < -0.4 is 5.32 Å². The van der Waals surface area contributed by atoms with Gasteiger partial charge in [-0.2, -0.15) is 5.10 Å². The molecule has 0 radical (unpaired) electrons. The highest BCUT2D eigenvalue weighted by atomic mass is 19.1. The molecular weight excluding hydrogens is 491 g/mol. The van der Waals surface area contributed by atoms with Gasteiger partial charge in [-0.1, -0.05) is 25.0 Å². The Morgan fingerprint density at radius 3 is 2.74 bits per heavy atom. The van der Waals surface area contributed by atoms with Gasteiger partial charge < -0.3 is 10.3 Å². The lowest BCUT2D eigenvalue weighted by atomic mass is 10.1. The largest absolute Gasteiger partial charge is 0.336 e. The number of halogens is 1. The van der Waals surface area contributed by atoms with Crippen LogP contribution in [0.3, 0.4) is 0 Å². The maximum atomic E-state index is 14.6. The number of pyridine rings is 3. The molecule has 6 aromatic rings. The quantitative estimate of drug-likeness (QED) is 0.238. The molecule has 1 saturated carbocycles. The van der Waals surface area contributed by atoms with Crippen LogP contribution in [0.1, 0.15) is 31.2 Å². The molecule has 5 heterocycles. The Bertz CT molecular complexity index is 1780. The van der Waals surface area contributed by atoms with E-state index >= 15 is 0 Å². The second kappa shape index (κ2) is 9.99. The number of benzene rings is 1. The molecule has 5 aromatic heterocycles. The number of nitrogens with zero attached hydrogens (tertiary/aromatic N) is 5. The van der Waals surface area contributed by atoms with E-state index in [1.165, 1.54) is 31.7 Å². The number of hydrogen-bond acceptors (Lipinski definition) is 6. The summed E-state index contributed by atoms with van der Waals surface area (Å²) < 4.78 is 14.6. The fourth-order valence-electron chi connectivity index (χ4n) is 5.51. The van der Waals surface area contributed by atoms with Crippen LogP contribution in [-0.2, 0) is 6.54 Å². The first-order chi connectivity index (χ1) is 19.2. The molecule has 7 rings (SSSR count). The van der Waals surface area contributed by atoms with E-state index in [-0.39, 0.29) is 5.82 Å². The molecule has 194 valence electrons. The van der Waals surface area contributed by atoms with E-state index in [2.05, 4.69) is 41.5 Å². The molecule has 1 fully saturated rings. The minimum absolute atomic E-state index is 0.340. The minimum atomic E-state index is -0.340. The van der Waals surface area contributed by atoms with Gasteiger partial charge in [0.1, 0.15) is 22.7 Å². The summed E-state index contributed by atoms with van der Waals surface area (Å²) >= 11 is 0. The maximum absolute atomic E-state index is 14.6. The number of hydrogen-bond donors (Lipinski definition) is 3. The molecule has 0 saturated heterocycles. The van der Waals surface area contributed by atoms with Crippen molar-refractivity contribution in [1.29, 1.82) is 0 Å². The summed E-state index contributed by atoms with van der Waals surface area (Å²) in [5, 5.41) is 12.1. The lowest BCUT2D eigenvalue weighted by Crippen LogP contribution is -2.20. The first kappa shape index (κ1) is 23.6. The van der Waals surface area contributed by atoms with Crippen LogP contribution in [0.2, 0.25) is 0 Å². The Hall–Kier alpha value is -4.50. The van der Waals surface area contributed by atoms with E-state index in [1.807, 2.05) is 24.5 Å². The Morgan fingerprint density at radius 2 is 1.85 bits per heavy atom. The second-order valence-electron chi connectivity index (χ2n) is 10.2. The minimum Gasteiger partial charge on any atom is -0.336 e. The fraction of sp³-hybridized carbons (Fsp3) is 0.233. The van der Waals surface area contributed by atoms with Gasteiger partial charge in [-0.3, -0.25) is 20.1 Å². The molecule has 1 aromatic carbocycles. The molecule has 8 nitrogen and oxygen atoms in total. The Morgan fingerprint density at radius 1 is 0.949 bits per heavy atom. The predicted octanol–water partition coefficient (Wildman–Crippen LogP) is 6.04. The van der Waals surface area contributed by atoms with E-state index < -0.39 is 0 Å². The molecule has 0 bridgehead atoms. The van der Waals surface area contributed by atoms with Crippen molar-refractivity contribution >= 4 is 21.9 Å². The highest BCUT2D eigenvalue weighted by molar-refractivity contribution is 5.96. The molecule has 3 N–H and O–H groups in total. The first-order valence-electron chi connectivity index (χ1n) is 13.3. The number of fused-ring (bicyclic) bond motifs is 2. The summed E-state index contributed by atoms with van der Waals surface area (Å²) in [6.07, 6.45) is 12.5. The van der Waals surface area contributed by atoms with Gasteiger partial charge in [0.05, 0.1) is 22.9 Å². The fourth-order valence-corrected chi connectivity index (χ4v) is 5.51. The van der Waals surface area contributed by atoms with E-state index in [0.717, 1.165) is 52.2 Å². The number of aromatic amines is 2. The number of nitrogens with one attached hydrogen (secondary N) is 3. The zero-order valence-electron chi connectivity index (χ0n) is 21.3. The van der Waals surface area contributed by atoms with Gasteiger partial charge >= 0.3 is 0 Å². The van der Waals surface area contributed by atoms with Crippen LogP contribution >= 0.6 is 0 Å². The molecule has 1 aliphatic carbocycles. The highest BCUT2D eigenvalue weighted by Crippen LogP contribution is 2.32. The van der Waals surface area contributed by atoms with Crippen molar-refractivity contribution in [1.82, 2.24) is 40.4 Å². The summed E-state index contributed by atoms with van der Waals surface area (Å²) in [5.74, 6) is 1.02. The average molecular weight is 519 g/mol. The third-order valence-corrected chi connectivity index (χ3v) is 7.53. The van der Waals surface area contributed by atoms with Gasteiger partial charge in [0, 0.05) is 41.6 Å². The number of aromatic nitrogens is 7. The lowest BCUT2D eigenvalue weighted by Gasteiger charge is -2.11. The van der Waals surface area contributed by atoms with Crippen LogP contribution in [-0.4, -0.2) is 41.7 Å². The van der Waals surface area contributed by atoms with Crippen molar-refractivity contribution in [2.75, 3.05) is 6.54 Å². The van der Waals surface area contributed by atoms with Crippen molar-refractivity contribution < 1.29 is 4.39 Å². The molecule has 0 atom stereocenters. The third kappa shape index (κ3) is 4.55. The van der Waals surface area contributed by atoms with Crippen molar-refractivity contribution in [3.8, 4) is 34.0 Å². The standard InChI is InChI=1S/C30H27FN8/c31-23-8-4-3-7-21(23)27-29-24(9-10-34-27)36-30(37-29)28-22-12-25(35-17-26(22)38-39-28)20-11-19(15-33-16-20)14-32-13-18-5-1-2-6-18/h3-4,7-12,15-18,32H,1-2,5-6,13-14H2,(H,36,37)(H,38,39). The van der Waals surface area contributed by atoms with Crippen molar-refractivity contribution in [2.45, 2.75) is 32.2 Å². The van der Waals surface area contributed by atoms with E-state index in [0.29, 0.717) is 28.3 Å². The van der Waals surface area contributed by atoms with Gasteiger partial charge in [-0.05, 0) is 61.2 Å². The van der Waals surface area contributed by atoms with Crippen molar-refractivity contribution in [3.05, 3.63) is 78.6 Å². The molecule has 1 aliphatic rings. The van der Waals surface area contributed by atoms with E-state index in [9.17, 15) is 4.39 Å². The monoisotopic (exact) mass is 518 g/mol. The number of imidazole rings is 1. The van der Waals surface area contributed by atoms with Gasteiger partial charge in [-0.15, -0.1) is 0 Å². The number of rotatable bonds is 7. The summed E-state index contributed by atoms with van der Waals surface area (Å²) in [5.41, 5.74) is 6.57. The van der Waals surface area contributed by atoms with E-state index in [1.54, 1.807) is 30.6 Å². The van der Waals surface area contributed by atoms with Crippen LogP contribution in [0.15, 0.2) is 67.3 Å². The highest BCUT2D eigenvalue weighted by Gasteiger charge is 2.18. The first-order valence-corrected chi connectivity index (χ1v) is 13.3. The molecule has 0 aliphatic heterocycles. The predicted molar refractivity (Wildman–Crippen MR) is 149 cm³/mol. The maximum Gasteiger partial charge on any atom is 0.159 e. The third-order valence-electron chi connectivity index (χ3n) is 7.53. The van der Waals surface area contributed by atoms with Crippen LogP contribution in [0.4, 0.5) is 4.39 Å². The summed E-state index contributed by atoms with van der Waals surface area (Å²) in [6.45, 7) is 1.84. The Kier molecular flexibility index (Phi) is 6.05. The molecule has 0 unspecified atom stereocenters. The van der Waals surface area contributed by atoms with Crippen LogP contribution in [0.25, 0.3) is 56.0 Å². The summed E-state index contributed by atoms with van der Waals surface area (Å²) in [7, 11) is 0. The van der Waals surface area contributed by atoms with Crippen molar-refractivity contribution in [3.63, 3.8) is 0 Å². The molecule has 0 amide bonds. The second-order valence-corrected chi connectivity index (χ2v) is 10.2. The topological polar surface area (TPSA) is 108 Å². The van der Waals surface area contributed by atoms with Crippen molar-refractivity contribution in [2.24, 2.45) is 5.92 Å². The molecular formula is C30H27FN8. The van der Waals surface area contributed by atoms with Gasteiger partial charge in [-0.25, -0.2) is 9.37 Å². The normalized spacial score (nSPS) is 14.1. The molecule has 9 heteroatoms. The lowest BCUT2D eigenvalue weighted by molar-refractivity contribution is 0.489. The SMILES string of the molecule is Fc1ccccc1-c1nccc2[nH]c(-c3n[nH]c4cnc(-c5cncc(CNCC6CCCC6)c5)cc34)nc12. The summed E-state index contributed by atoms with van der Waals surface area (Å²) in [6, 6.07) is 12.6. The Labute approximate surface area is 224 Å². The van der Waals surface area contributed by atoms with Gasteiger partial charge in [0.25, 0.3) is 0 Å². The van der Waals surface area contributed by atoms with Crippen LogP contribution in [0.5, 0.6) is 0 Å². The van der Waals surface area contributed by atoms with Crippen LogP contribution in [0, 0.1) is 11.7 Å². The van der Waals surface area contributed by atoms with Gasteiger partial charge in [0.2, 0.25) is 0 Å². The summed E-state index contributed by atoms with van der Waals surface area (Å²) in [4.78, 5) is 21.7. The van der Waals surface area contributed by atoms with E-state index in [4.69, 9.17) is 4.98 Å². The molecule has 0 spiro atoms. The zero-order chi connectivity index (χ0) is 26.2. The average Bonchev–Trinajstić information content (AvgIpc) is 3.73. The molecule has 39 heavy (non-hydrogen) atoms. The smallest absolute Gasteiger partial charge is 0.159 e. The van der Waals surface area contributed by atoms with Gasteiger partial charge in [0.15, 0.2) is 5.82 Å². The number of H-pyrrole nitrogens is 2. The Balaban J connectivity index is 1.21. The zero-order valence-corrected chi connectivity index (χ0v) is 21.3.